The van der Waals surface area contributed by atoms with Gasteiger partial charge in [-0.3, -0.25) is 4.79 Å². The molecule has 4 atom stereocenters. The molecule has 1 saturated heterocycles. The summed E-state index contributed by atoms with van der Waals surface area (Å²) in [5, 5.41) is 0. The molecule has 0 aromatic rings. The summed E-state index contributed by atoms with van der Waals surface area (Å²) in [7, 11) is -67.9. The van der Waals surface area contributed by atoms with Gasteiger partial charge in [0.05, 0.1) is 22.0 Å². The molecular formula is C64H178O29Si27. The lowest BCUT2D eigenvalue weighted by Crippen LogP contribution is -2.67. The molecule has 716 valence electrons. The second kappa shape index (κ2) is 44.2. The van der Waals surface area contributed by atoms with Gasteiger partial charge < -0.3 is 117 Å². The van der Waals surface area contributed by atoms with Crippen molar-refractivity contribution >= 4 is 238 Å². The molecule has 0 saturated carbocycles. The zero-order valence-electron chi connectivity index (χ0n) is 85.8. The van der Waals surface area contributed by atoms with Gasteiger partial charge in [-0.05, 0) is 345 Å². The second-order valence-corrected chi connectivity index (χ2v) is 140. The van der Waals surface area contributed by atoms with E-state index in [1.165, 1.54) is 0 Å². The van der Waals surface area contributed by atoms with E-state index in [-0.39, 0.29) is 12.6 Å². The number of esters is 1. The minimum Gasteiger partial charge on any atom is -0.465 e. The van der Waals surface area contributed by atoms with Crippen molar-refractivity contribution in [2.45, 2.75) is 370 Å². The average molecular weight is 2170 g/mol. The number of hydrogen-bond acceptors (Lipinski definition) is 29. The molecule has 0 aromatic carbocycles. The molecule has 29 nitrogen and oxygen atoms in total. The smallest absolute Gasteiger partial charge is 0.465 e. The Morgan fingerprint density at radius 3 is 0.758 bits per heavy atom. The Morgan fingerprint density at radius 1 is 0.300 bits per heavy atom. The Balaban J connectivity index is 3.58. The van der Waals surface area contributed by atoms with Crippen LogP contribution in [0.5, 0.6) is 0 Å². The summed E-state index contributed by atoms with van der Waals surface area (Å²) in [4.78, 5) is 14.0. The molecule has 56 heteroatoms. The van der Waals surface area contributed by atoms with Crippen molar-refractivity contribution in [1.82, 2.24) is 0 Å². The molecule has 1 aliphatic heterocycles. The first-order valence-electron chi connectivity index (χ1n) is 42.7. The van der Waals surface area contributed by atoms with Gasteiger partial charge in [0.2, 0.25) is 0 Å². The van der Waals surface area contributed by atoms with Gasteiger partial charge in [0.15, 0.2) is 25.0 Å². The SMILES string of the molecule is CO[Si](CCCOC(=O)C(C)C[Si]1(C)O[Si](C)(C)O[Si](C)(CC[Si](C)(C)O[Si](C)(C)O[Si](C)(C)O[Si](C)(C)O[Si](C)(C)O[Si](C)(C)O[Si](C)(C)O[Si](C)(C)O[Si](C)(C)O[Si](C)(C)OC[Si]C)O[Si](C)(CC[Si](C)(C)O[Si](C)(C)O[Si](C)(C)O[Si](C)(C)O[Si](C)(C)O[Si](C)(C)O[Si](C)(C)O[Si](C)(C)O[Si](C)(C)O[Si](C)(C)O[Si](C)(C)C)O1)(OC)OC. The summed E-state index contributed by atoms with van der Waals surface area (Å²) in [5.74, 6) is -0.894. The van der Waals surface area contributed by atoms with Crippen molar-refractivity contribution in [2.24, 2.45) is 5.92 Å². The Labute approximate surface area is 763 Å². The van der Waals surface area contributed by atoms with Crippen LogP contribution in [0.1, 0.15) is 13.3 Å². The molecule has 1 fully saturated rings. The molecule has 1 rings (SSSR count). The molecule has 120 heavy (non-hydrogen) atoms. The molecule has 2 radical (unpaired) electrons. The zero-order valence-corrected chi connectivity index (χ0v) is 113. The topological polar surface area (TPSA) is 276 Å². The van der Waals surface area contributed by atoms with Crippen LogP contribution in [0.3, 0.4) is 0 Å². The molecule has 0 bridgehead atoms. The summed E-state index contributed by atoms with van der Waals surface area (Å²) in [6.45, 7) is 105. The van der Waals surface area contributed by atoms with Crippen LogP contribution in [0.25, 0.3) is 0 Å². The van der Waals surface area contributed by atoms with Gasteiger partial charge in [0.1, 0.15) is 0 Å². The van der Waals surface area contributed by atoms with Crippen LogP contribution in [-0.2, 0) is 122 Å². The first-order chi connectivity index (χ1) is 52.4. The third-order valence-electron chi connectivity index (χ3n) is 17.1. The predicted octanol–water partition coefficient (Wildman–Crippen LogP) is 20.4. The van der Waals surface area contributed by atoms with E-state index in [9.17, 15) is 4.79 Å². The lowest BCUT2D eigenvalue weighted by atomic mass is 10.2. The maximum absolute atomic E-state index is 14.0. The van der Waals surface area contributed by atoms with E-state index < -0.39 is 228 Å². The summed E-state index contributed by atoms with van der Waals surface area (Å²) in [6, 6.07) is 3.45. The van der Waals surface area contributed by atoms with Gasteiger partial charge in [0, 0.05) is 39.6 Å². The van der Waals surface area contributed by atoms with Crippen LogP contribution < -0.4 is 0 Å². The quantitative estimate of drug-likeness (QED) is 0.0311. The fraction of sp³-hybridized carbons (Fsp3) is 0.984. The van der Waals surface area contributed by atoms with Crippen LogP contribution >= 0.6 is 0 Å². The number of hydrogen-bond donors (Lipinski definition) is 0. The Morgan fingerprint density at radius 2 is 0.517 bits per heavy atom. The van der Waals surface area contributed by atoms with E-state index in [4.69, 9.17) is 117 Å². The summed E-state index contributed by atoms with van der Waals surface area (Å²) < 4.78 is 192. The third kappa shape index (κ3) is 51.3. The molecule has 0 aliphatic carbocycles. The van der Waals surface area contributed by atoms with Crippen LogP contribution in [-0.4, -0.2) is 272 Å². The highest BCUT2D eigenvalue weighted by Gasteiger charge is 2.60. The molecule has 1 aliphatic rings. The normalized spacial score (nSPS) is 20.5. The first-order valence-corrected chi connectivity index (χ1v) is 117. The minimum absolute atomic E-state index is 0.178. The van der Waals surface area contributed by atoms with Gasteiger partial charge >= 0.3 is 203 Å². The van der Waals surface area contributed by atoms with E-state index in [0.29, 0.717) is 52.4 Å². The Hall–Kier alpha value is 4.25. The lowest BCUT2D eigenvalue weighted by Gasteiger charge is -2.50. The van der Waals surface area contributed by atoms with Crippen LogP contribution in [0.4, 0.5) is 0 Å². The molecular weight excluding hydrogens is 1990 g/mol. The Bertz CT molecular complexity index is 3180. The molecule has 0 N–H and O–H groups in total. The fourth-order valence-corrected chi connectivity index (χ4v) is 154. The predicted molar refractivity (Wildman–Crippen MR) is 548 cm³/mol. The fourth-order valence-electron chi connectivity index (χ4n) is 17.5. The molecule has 0 aromatic heterocycles. The number of rotatable bonds is 57. The van der Waals surface area contributed by atoms with Gasteiger partial charge in [-0.15, -0.1) is 0 Å². The van der Waals surface area contributed by atoms with Gasteiger partial charge in [-0.2, -0.15) is 0 Å². The highest BCUT2D eigenvalue weighted by molar-refractivity contribution is 6.98. The third-order valence-corrected chi connectivity index (χ3v) is 119. The average Bonchev–Trinajstić information content (AvgIpc) is 0.764. The van der Waals surface area contributed by atoms with E-state index >= 15 is 0 Å². The van der Waals surface area contributed by atoms with Crippen LogP contribution in [0, 0.1) is 5.92 Å². The maximum Gasteiger partial charge on any atom is 0.500 e. The van der Waals surface area contributed by atoms with E-state index in [1.54, 1.807) is 21.3 Å². The van der Waals surface area contributed by atoms with Crippen molar-refractivity contribution < 1.29 is 122 Å². The van der Waals surface area contributed by atoms with Crippen molar-refractivity contribution in [1.29, 1.82) is 0 Å². The number of ether oxygens (including phenoxy) is 1. The largest absolute Gasteiger partial charge is 0.500 e. The highest BCUT2D eigenvalue weighted by atomic mass is 28.6. The van der Waals surface area contributed by atoms with Crippen molar-refractivity contribution in [3.8, 4) is 0 Å². The van der Waals surface area contributed by atoms with Crippen LogP contribution in [0.15, 0.2) is 0 Å². The Kier molecular flexibility index (Phi) is 45.0. The number of carbonyl (C=O) groups is 1. The van der Waals surface area contributed by atoms with Gasteiger partial charge in [-0.25, -0.2) is 0 Å². The minimum atomic E-state index is -3.34. The van der Waals surface area contributed by atoms with Crippen molar-refractivity contribution in [2.75, 3.05) is 34.2 Å². The van der Waals surface area contributed by atoms with E-state index in [1.807, 2.05) is 6.92 Å². The van der Waals surface area contributed by atoms with Gasteiger partial charge in [0.25, 0.3) is 0 Å². The van der Waals surface area contributed by atoms with Crippen molar-refractivity contribution in [3.05, 3.63) is 0 Å². The molecule has 1 heterocycles. The molecule has 0 amide bonds. The maximum atomic E-state index is 14.0. The monoisotopic (exact) mass is 2170 g/mol. The van der Waals surface area contributed by atoms with E-state index in [2.05, 4.69) is 321 Å². The standard InChI is InChI=1S/C64H178O29Si27/c1-63(64(65)69-55-54-56-120(66-2,67-3)68-4)61-119(53)91-116(49,50)90-117(51,59-57-96(9,10)72-100(17,18)76-104(25,26)80-108(33,34)84-112(41,42)88-114(45,46)86-110(37,38)82-106(29,30)78-102(21,22)74-98(13,14)70-62-94-5)92-118(52,93-119)60-58-97(11,12)73-101(19,20)77-105(27,28)81-109(35,36)85-113(43,44)89-115(47,48)87-111(39,40)83-107(31,32)79-103(23,24)75-99(15,16)71-95(6,7)8/h63H,54-62H2,1-53H3. The molecule has 4 unspecified atom stereocenters. The summed E-state index contributed by atoms with van der Waals surface area (Å²) >= 11 is 0. The number of carbonyl (C=O) groups excluding carboxylic acids is 1. The molecule has 0 spiro atoms. The lowest BCUT2D eigenvalue weighted by molar-refractivity contribution is -0.147. The second-order valence-electron chi connectivity index (χ2n) is 43.3. The zero-order chi connectivity index (χ0) is 95.0. The summed E-state index contributed by atoms with van der Waals surface area (Å²) in [5.41, 5.74) is 0. The van der Waals surface area contributed by atoms with E-state index in [0.717, 1.165) is 6.04 Å². The van der Waals surface area contributed by atoms with Crippen molar-refractivity contribution in [3.63, 3.8) is 0 Å². The van der Waals surface area contributed by atoms with Crippen LogP contribution in [0.2, 0.25) is 357 Å². The first kappa shape index (κ1) is 122. The summed E-state index contributed by atoms with van der Waals surface area (Å²) in [6.07, 6.45) is 1.20. The van der Waals surface area contributed by atoms with Gasteiger partial charge in [-0.1, -0.05) is 13.5 Å². The highest BCUT2D eigenvalue weighted by Crippen LogP contribution is 2.43.